The van der Waals surface area contributed by atoms with E-state index >= 15 is 0 Å². The minimum atomic E-state index is -1.11. The third-order valence-electron chi connectivity index (χ3n) is 3.23. The van der Waals surface area contributed by atoms with Crippen LogP contribution in [0.1, 0.15) is 40.8 Å². The molecule has 98 valence electrons. The Balaban J connectivity index is 2.18. The van der Waals surface area contributed by atoms with Crippen LogP contribution < -0.4 is 0 Å². The Morgan fingerprint density at radius 3 is 2.84 bits per heavy atom. The molecule has 2 aromatic rings. The molecule has 19 heavy (non-hydrogen) atoms. The van der Waals surface area contributed by atoms with E-state index in [9.17, 15) is 4.79 Å². The van der Waals surface area contributed by atoms with E-state index in [-0.39, 0.29) is 5.82 Å². The maximum atomic E-state index is 11.0. The van der Waals surface area contributed by atoms with E-state index in [1.165, 1.54) is 0 Å². The molecule has 1 N–H and O–H groups in total. The van der Waals surface area contributed by atoms with Gasteiger partial charge in [-0.25, -0.2) is 14.5 Å². The average molecular weight is 278 g/mol. The quantitative estimate of drug-likeness (QED) is 0.937. The highest BCUT2D eigenvalue weighted by atomic mass is 35.5. The van der Waals surface area contributed by atoms with Crippen LogP contribution in [-0.4, -0.2) is 25.8 Å². The second-order valence-corrected chi connectivity index (χ2v) is 5.08. The van der Waals surface area contributed by atoms with Gasteiger partial charge in [0.2, 0.25) is 0 Å². The lowest BCUT2D eigenvalue weighted by Gasteiger charge is -2.09. The average Bonchev–Trinajstić information content (AvgIpc) is 3.12. The largest absolute Gasteiger partial charge is 0.475 e. The topological polar surface area (TPSA) is 68.0 Å². The number of aromatic carboxylic acids is 1. The van der Waals surface area contributed by atoms with Gasteiger partial charge in [0.05, 0.1) is 5.69 Å². The van der Waals surface area contributed by atoms with E-state index in [4.69, 9.17) is 16.7 Å². The summed E-state index contributed by atoms with van der Waals surface area (Å²) < 4.78 is 1.61. The number of carbonyl (C=O) groups is 1. The maximum Gasteiger partial charge on any atom is 0.375 e. The highest BCUT2D eigenvalue weighted by molar-refractivity contribution is 6.31. The predicted molar refractivity (Wildman–Crippen MR) is 70.0 cm³/mol. The lowest BCUT2D eigenvalue weighted by molar-refractivity contribution is 0.0683. The van der Waals surface area contributed by atoms with Gasteiger partial charge in [0.1, 0.15) is 5.82 Å². The van der Waals surface area contributed by atoms with Crippen molar-refractivity contribution in [3.63, 3.8) is 0 Å². The summed E-state index contributed by atoms with van der Waals surface area (Å²) >= 11 is 6.10. The van der Waals surface area contributed by atoms with E-state index in [0.717, 1.165) is 24.1 Å². The van der Waals surface area contributed by atoms with Gasteiger partial charge in [-0.1, -0.05) is 17.7 Å². The van der Waals surface area contributed by atoms with Gasteiger partial charge < -0.3 is 5.11 Å². The summed E-state index contributed by atoms with van der Waals surface area (Å²) in [4.78, 5) is 15.2. The Morgan fingerprint density at radius 1 is 1.47 bits per heavy atom. The van der Waals surface area contributed by atoms with Gasteiger partial charge >= 0.3 is 5.97 Å². The summed E-state index contributed by atoms with van der Waals surface area (Å²) in [7, 11) is 0. The van der Waals surface area contributed by atoms with Crippen molar-refractivity contribution >= 4 is 17.6 Å². The molecule has 1 aromatic carbocycles. The number of carboxylic acids is 1. The first-order valence-corrected chi connectivity index (χ1v) is 6.41. The number of benzene rings is 1. The third kappa shape index (κ3) is 2.10. The molecule has 6 heteroatoms. The number of nitrogens with zero attached hydrogens (tertiary/aromatic N) is 3. The maximum absolute atomic E-state index is 11.0. The molecular weight excluding hydrogens is 266 g/mol. The molecule has 1 fully saturated rings. The zero-order valence-electron chi connectivity index (χ0n) is 10.3. The summed E-state index contributed by atoms with van der Waals surface area (Å²) in [6, 6.07) is 5.49. The smallest absolute Gasteiger partial charge is 0.375 e. The van der Waals surface area contributed by atoms with Gasteiger partial charge in [0, 0.05) is 10.9 Å². The van der Waals surface area contributed by atoms with Gasteiger partial charge in [-0.05, 0) is 37.5 Å². The number of halogens is 1. The fraction of sp³-hybridized carbons (Fsp3) is 0.308. The summed E-state index contributed by atoms with van der Waals surface area (Å²) in [5.74, 6) is -0.261. The Morgan fingerprint density at radius 2 is 2.21 bits per heavy atom. The van der Waals surface area contributed by atoms with Crippen molar-refractivity contribution in [2.45, 2.75) is 25.7 Å². The molecule has 0 amide bonds. The highest BCUT2D eigenvalue weighted by Gasteiger charge is 2.31. The van der Waals surface area contributed by atoms with E-state index in [2.05, 4.69) is 10.1 Å². The number of carboxylic acid groups (broad SMARTS) is 1. The molecular formula is C13H12ClN3O2. The molecule has 3 rings (SSSR count). The summed E-state index contributed by atoms with van der Waals surface area (Å²) in [5.41, 5.74) is 1.65. The van der Waals surface area contributed by atoms with Crippen LogP contribution in [-0.2, 0) is 0 Å². The van der Waals surface area contributed by atoms with E-state index in [1.807, 2.05) is 19.1 Å². The van der Waals surface area contributed by atoms with E-state index in [1.54, 1.807) is 10.7 Å². The van der Waals surface area contributed by atoms with Crippen LogP contribution >= 0.6 is 11.6 Å². The van der Waals surface area contributed by atoms with Crippen LogP contribution in [0, 0.1) is 6.92 Å². The Kier molecular flexibility index (Phi) is 2.78. The van der Waals surface area contributed by atoms with Crippen LogP contribution in [0.4, 0.5) is 0 Å². The molecule has 0 spiro atoms. The number of aromatic nitrogens is 3. The van der Waals surface area contributed by atoms with Gasteiger partial charge in [-0.2, -0.15) is 0 Å². The zero-order valence-corrected chi connectivity index (χ0v) is 11.1. The van der Waals surface area contributed by atoms with Gasteiger partial charge in [0.15, 0.2) is 0 Å². The molecule has 0 unspecified atom stereocenters. The lowest BCUT2D eigenvalue weighted by Crippen LogP contribution is -2.05. The molecule has 1 aromatic heterocycles. The molecule has 0 saturated heterocycles. The van der Waals surface area contributed by atoms with Crippen molar-refractivity contribution in [2.24, 2.45) is 0 Å². The molecule has 0 aliphatic heterocycles. The van der Waals surface area contributed by atoms with Crippen molar-refractivity contribution in [3.8, 4) is 5.69 Å². The summed E-state index contributed by atoms with van der Waals surface area (Å²) in [6.07, 6.45) is 2.05. The first-order chi connectivity index (χ1) is 9.08. The van der Waals surface area contributed by atoms with Crippen molar-refractivity contribution in [1.82, 2.24) is 14.8 Å². The SMILES string of the molecule is Cc1c(Cl)cccc1-n1nc(C(=O)O)nc1C1CC1. The van der Waals surface area contributed by atoms with Crippen LogP contribution in [0.15, 0.2) is 18.2 Å². The first kappa shape index (κ1) is 12.2. The van der Waals surface area contributed by atoms with Gasteiger partial charge in [-0.15, -0.1) is 5.10 Å². The molecule has 0 atom stereocenters. The van der Waals surface area contributed by atoms with Crippen LogP contribution in [0.2, 0.25) is 5.02 Å². The minimum Gasteiger partial charge on any atom is -0.475 e. The summed E-state index contributed by atoms with van der Waals surface area (Å²) in [5, 5.41) is 13.8. The van der Waals surface area contributed by atoms with Crippen molar-refractivity contribution in [3.05, 3.63) is 40.4 Å². The highest BCUT2D eigenvalue weighted by Crippen LogP contribution is 2.40. The number of hydrogen-bond acceptors (Lipinski definition) is 3. The predicted octanol–water partition coefficient (Wildman–Crippen LogP) is 2.80. The lowest BCUT2D eigenvalue weighted by atomic mass is 10.2. The fourth-order valence-corrected chi connectivity index (χ4v) is 2.19. The zero-order chi connectivity index (χ0) is 13.6. The molecule has 1 aliphatic carbocycles. The molecule has 0 radical (unpaired) electrons. The van der Waals surface area contributed by atoms with Crippen molar-refractivity contribution in [2.75, 3.05) is 0 Å². The summed E-state index contributed by atoms with van der Waals surface area (Å²) in [6.45, 7) is 1.89. The molecule has 5 nitrogen and oxygen atoms in total. The standard InChI is InChI=1S/C13H12ClN3O2/c1-7-9(14)3-2-4-10(7)17-12(8-5-6-8)15-11(16-17)13(18)19/h2-4,8H,5-6H2,1H3,(H,18,19). The molecule has 1 heterocycles. The normalized spacial score (nSPS) is 14.6. The van der Waals surface area contributed by atoms with Gasteiger partial charge in [0.25, 0.3) is 5.82 Å². The fourth-order valence-electron chi connectivity index (χ4n) is 2.02. The van der Waals surface area contributed by atoms with Crippen molar-refractivity contribution < 1.29 is 9.90 Å². The van der Waals surface area contributed by atoms with E-state index < -0.39 is 5.97 Å². The number of hydrogen-bond donors (Lipinski definition) is 1. The second kappa shape index (κ2) is 4.35. The van der Waals surface area contributed by atoms with Crippen LogP contribution in [0.3, 0.4) is 0 Å². The molecule has 0 bridgehead atoms. The Hall–Kier alpha value is -1.88. The van der Waals surface area contributed by atoms with Crippen LogP contribution in [0.5, 0.6) is 0 Å². The first-order valence-electron chi connectivity index (χ1n) is 6.03. The number of rotatable bonds is 3. The monoisotopic (exact) mass is 277 g/mol. The Bertz CT molecular complexity index is 662. The minimum absolute atomic E-state index is 0.165. The van der Waals surface area contributed by atoms with E-state index in [0.29, 0.717) is 16.8 Å². The second-order valence-electron chi connectivity index (χ2n) is 4.67. The van der Waals surface area contributed by atoms with Crippen molar-refractivity contribution in [1.29, 1.82) is 0 Å². The molecule has 1 saturated carbocycles. The van der Waals surface area contributed by atoms with Gasteiger partial charge in [-0.3, -0.25) is 0 Å². The van der Waals surface area contributed by atoms with Crippen LogP contribution in [0.25, 0.3) is 5.69 Å². The Labute approximate surface area is 114 Å². The molecule has 1 aliphatic rings. The third-order valence-corrected chi connectivity index (χ3v) is 3.64.